The Labute approximate surface area is 244 Å². The highest BCUT2D eigenvalue weighted by atomic mass is 16.3. The summed E-state index contributed by atoms with van der Waals surface area (Å²) in [5.74, 6) is 0. The van der Waals surface area contributed by atoms with Gasteiger partial charge in [0.2, 0.25) is 0 Å². The van der Waals surface area contributed by atoms with Gasteiger partial charge in [-0.3, -0.25) is 0 Å². The minimum atomic E-state index is -0.00897. The number of hydrogen-bond acceptors (Lipinski definition) is 1. The van der Waals surface area contributed by atoms with Crippen LogP contribution in [0.5, 0.6) is 0 Å². The normalized spacial score (nSPS) is 13.7. The van der Waals surface area contributed by atoms with Gasteiger partial charge in [-0.1, -0.05) is 129 Å². The SMILES string of the molecule is CC1(C)c2ccccc2-c2cc(-c3c4ccccc4c(-c4coc5c4ccc4ccccc45)c4ccccc34)ccc21. The number of hydrogen-bond donors (Lipinski definition) is 0. The first-order valence-corrected chi connectivity index (χ1v) is 14.7. The zero-order chi connectivity index (χ0) is 28.0. The molecule has 0 bridgehead atoms. The van der Waals surface area contributed by atoms with Crippen molar-refractivity contribution in [2.24, 2.45) is 0 Å². The van der Waals surface area contributed by atoms with E-state index in [1.165, 1.54) is 65.9 Å². The zero-order valence-corrected chi connectivity index (χ0v) is 23.6. The van der Waals surface area contributed by atoms with Crippen LogP contribution in [0.2, 0.25) is 0 Å². The van der Waals surface area contributed by atoms with Crippen LogP contribution in [0.25, 0.3) is 76.7 Å². The van der Waals surface area contributed by atoms with Gasteiger partial charge in [0, 0.05) is 27.3 Å². The van der Waals surface area contributed by atoms with Crippen molar-refractivity contribution in [2.75, 3.05) is 0 Å². The molecule has 198 valence electrons. The largest absolute Gasteiger partial charge is 0.463 e. The lowest BCUT2D eigenvalue weighted by Crippen LogP contribution is -2.14. The van der Waals surface area contributed by atoms with Gasteiger partial charge in [-0.15, -0.1) is 0 Å². The Balaban J connectivity index is 1.37. The smallest absolute Gasteiger partial charge is 0.142 e. The standard InChI is InChI=1S/C41H28O/c1-41(2)36-18-10-9-13-28(36)34-23-26(20-22-37(34)41)38-29-14-5-7-16-31(29)39(32-17-8-6-15-30(32)38)35-24-42-40-27-12-4-3-11-25(27)19-21-33(35)40/h3-24H,1-2H3. The van der Waals surface area contributed by atoms with E-state index in [0.29, 0.717) is 0 Å². The second-order valence-electron chi connectivity index (χ2n) is 12.1. The molecule has 0 aliphatic heterocycles. The van der Waals surface area contributed by atoms with Crippen molar-refractivity contribution in [3.63, 3.8) is 0 Å². The highest BCUT2D eigenvalue weighted by Gasteiger charge is 2.35. The minimum absolute atomic E-state index is 0.00897. The molecule has 1 nitrogen and oxygen atoms in total. The van der Waals surface area contributed by atoms with Crippen LogP contribution in [-0.2, 0) is 5.41 Å². The summed E-state index contributed by atoms with van der Waals surface area (Å²) in [5, 5.41) is 8.48. The van der Waals surface area contributed by atoms with E-state index in [4.69, 9.17) is 4.42 Å². The molecule has 1 aromatic heterocycles. The molecule has 0 unspecified atom stereocenters. The third kappa shape index (κ3) is 3.08. The Morgan fingerprint density at radius 2 is 1.05 bits per heavy atom. The lowest BCUT2D eigenvalue weighted by molar-refractivity contribution is 0.620. The highest BCUT2D eigenvalue weighted by Crippen LogP contribution is 2.51. The average Bonchev–Trinajstić information content (AvgIpc) is 3.56. The van der Waals surface area contributed by atoms with Gasteiger partial charge < -0.3 is 4.42 Å². The number of furan rings is 1. The fraction of sp³-hybridized carbons (Fsp3) is 0.0732. The van der Waals surface area contributed by atoms with E-state index in [2.05, 4.69) is 141 Å². The summed E-state index contributed by atoms with van der Waals surface area (Å²) in [6, 6.07) is 46.6. The third-order valence-corrected chi connectivity index (χ3v) is 9.54. The van der Waals surface area contributed by atoms with Crippen molar-refractivity contribution in [2.45, 2.75) is 19.3 Å². The van der Waals surface area contributed by atoms with Crippen LogP contribution in [-0.4, -0.2) is 0 Å². The first-order valence-electron chi connectivity index (χ1n) is 14.7. The summed E-state index contributed by atoms with van der Waals surface area (Å²) < 4.78 is 6.33. The van der Waals surface area contributed by atoms with E-state index in [-0.39, 0.29) is 5.41 Å². The second kappa shape index (κ2) is 8.44. The van der Waals surface area contributed by atoms with Crippen molar-refractivity contribution in [1.29, 1.82) is 0 Å². The quantitative estimate of drug-likeness (QED) is 0.200. The summed E-state index contributed by atoms with van der Waals surface area (Å²) in [6.07, 6.45) is 1.96. The van der Waals surface area contributed by atoms with Gasteiger partial charge in [0.1, 0.15) is 5.58 Å². The van der Waals surface area contributed by atoms with E-state index in [1.807, 2.05) is 6.26 Å². The number of benzene rings is 7. The Kier molecular flexibility index (Phi) is 4.73. The van der Waals surface area contributed by atoms with Crippen LogP contribution < -0.4 is 0 Å². The first kappa shape index (κ1) is 23.6. The topological polar surface area (TPSA) is 13.1 Å². The van der Waals surface area contributed by atoms with Crippen molar-refractivity contribution in [3.05, 3.63) is 145 Å². The average molecular weight is 537 g/mol. The van der Waals surface area contributed by atoms with Gasteiger partial charge in [-0.25, -0.2) is 0 Å². The minimum Gasteiger partial charge on any atom is -0.463 e. The van der Waals surface area contributed by atoms with Gasteiger partial charge in [0.05, 0.1) is 6.26 Å². The monoisotopic (exact) mass is 536 g/mol. The molecule has 8 aromatic rings. The van der Waals surface area contributed by atoms with E-state index in [0.717, 1.165) is 21.9 Å². The van der Waals surface area contributed by atoms with Crippen molar-refractivity contribution in [1.82, 2.24) is 0 Å². The molecule has 0 N–H and O–H groups in total. The summed E-state index contributed by atoms with van der Waals surface area (Å²) in [6.45, 7) is 4.69. The molecule has 0 saturated carbocycles. The maximum atomic E-state index is 6.33. The fourth-order valence-corrected chi connectivity index (χ4v) is 7.56. The summed E-state index contributed by atoms with van der Waals surface area (Å²) in [5.41, 5.74) is 11.3. The molecule has 1 aliphatic carbocycles. The molecule has 7 aromatic carbocycles. The van der Waals surface area contributed by atoms with Crippen molar-refractivity contribution < 1.29 is 4.42 Å². The molecule has 1 heterocycles. The second-order valence-corrected chi connectivity index (χ2v) is 12.1. The first-order chi connectivity index (χ1) is 20.6. The summed E-state index contributed by atoms with van der Waals surface area (Å²) in [4.78, 5) is 0. The zero-order valence-electron chi connectivity index (χ0n) is 23.6. The molecule has 0 fully saturated rings. The molecule has 42 heavy (non-hydrogen) atoms. The summed E-state index contributed by atoms with van der Waals surface area (Å²) in [7, 11) is 0. The molecule has 1 aliphatic rings. The van der Waals surface area contributed by atoms with E-state index < -0.39 is 0 Å². The predicted molar refractivity (Wildman–Crippen MR) is 177 cm³/mol. The van der Waals surface area contributed by atoms with E-state index in [1.54, 1.807) is 0 Å². The van der Waals surface area contributed by atoms with Crippen LogP contribution in [0.4, 0.5) is 0 Å². The third-order valence-electron chi connectivity index (χ3n) is 9.54. The van der Waals surface area contributed by atoms with Crippen LogP contribution in [0, 0.1) is 0 Å². The molecule has 1 heteroatoms. The Morgan fingerprint density at radius 3 is 1.79 bits per heavy atom. The van der Waals surface area contributed by atoms with Gasteiger partial charge in [0.15, 0.2) is 0 Å². The predicted octanol–water partition coefficient (Wildman–Crippen LogP) is 11.5. The molecular formula is C41H28O. The Bertz CT molecular complexity index is 2330. The number of rotatable bonds is 2. The summed E-state index contributed by atoms with van der Waals surface area (Å²) >= 11 is 0. The van der Waals surface area contributed by atoms with E-state index in [9.17, 15) is 0 Å². The van der Waals surface area contributed by atoms with Crippen LogP contribution in [0.3, 0.4) is 0 Å². The van der Waals surface area contributed by atoms with Crippen molar-refractivity contribution >= 4 is 43.3 Å². The lowest BCUT2D eigenvalue weighted by Gasteiger charge is -2.22. The van der Waals surface area contributed by atoms with E-state index >= 15 is 0 Å². The highest BCUT2D eigenvalue weighted by molar-refractivity contribution is 6.24. The van der Waals surface area contributed by atoms with Crippen molar-refractivity contribution in [3.8, 4) is 33.4 Å². The molecule has 0 amide bonds. The molecule has 0 saturated heterocycles. The van der Waals surface area contributed by atoms with Crippen LogP contribution in [0.15, 0.2) is 138 Å². The lowest BCUT2D eigenvalue weighted by atomic mass is 9.81. The molecule has 0 radical (unpaired) electrons. The molecule has 0 spiro atoms. The fourth-order valence-electron chi connectivity index (χ4n) is 7.56. The molecular weight excluding hydrogens is 508 g/mol. The van der Waals surface area contributed by atoms with Crippen LogP contribution >= 0.6 is 0 Å². The van der Waals surface area contributed by atoms with Gasteiger partial charge in [0.25, 0.3) is 0 Å². The Morgan fingerprint density at radius 1 is 0.452 bits per heavy atom. The maximum Gasteiger partial charge on any atom is 0.142 e. The molecule has 0 atom stereocenters. The Hall–Kier alpha value is -5.14. The maximum absolute atomic E-state index is 6.33. The van der Waals surface area contributed by atoms with Crippen LogP contribution in [0.1, 0.15) is 25.0 Å². The number of fused-ring (bicyclic) bond motifs is 8. The van der Waals surface area contributed by atoms with Gasteiger partial charge >= 0.3 is 0 Å². The molecule has 9 rings (SSSR count). The van der Waals surface area contributed by atoms with Gasteiger partial charge in [-0.05, 0) is 72.4 Å². The van der Waals surface area contributed by atoms with Gasteiger partial charge in [-0.2, -0.15) is 0 Å².